The van der Waals surface area contributed by atoms with Gasteiger partial charge in [0.05, 0.1) is 18.4 Å². The molecule has 0 fully saturated rings. The molecule has 2 aromatic heterocycles. The second-order valence-electron chi connectivity index (χ2n) is 4.72. The normalized spacial score (nSPS) is 10.3. The van der Waals surface area contributed by atoms with E-state index in [-0.39, 0.29) is 5.76 Å². The van der Waals surface area contributed by atoms with Gasteiger partial charge in [0.15, 0.2) is 0 Å². The number of benzene rings is 1. The summed E-state index contributed by atoms with van der Waals surface area (Å²) in [4.78, 5) is 14.9. The number of aromatic carboxylic acids is 1. The first kappa shape index (κ1) is 14.6. The average molecular weight is 310 g/mol. The Bertz CT molecular complexity index is 782. The smallest absolute Gasteiger partial charge is 0.371 e. The van der Waals surface area contributed by atoms with Crippen LogP contribution in [-0.4, -0.2) is 16.1 Å². The number of carbonyl (C=O) groups is 1. The number of furan rings is 1. The third kappa shape index (κ3) is 3.88. The van der Waals surface area contributed by atoms with Gasteiger partial charge in [-0.1, -0.05) is 18.2 Å². The second-order valence-corrected chi connectivity index (χ2v) is 4.72. The molecule has 1 aromatic carbocycles. The molecule has 0 saturated heterocycles. The van der Waals surface area contributed by atoms with Crippen LogP contribution in [0.25, 0.3) is 0 Å². The number of pyridine rings is 1. The highest BCUT2D eigenvalue weighted by atomic mass is 16.5. The van der Waals surface area contributed by atoms with Gasteiger partial charge in [-0.25, -0.2) is 9.78 Å². The summed E-state index contributed by atoms with van der Waals surface area (Å²) in [6.45, 7) is 0.369. The van der Waals surface area contributed by atoms with Gasteiger partial charge >= 0.3 is 5.97 Å². The minimum absolute atomic E-state index is 0.0773. The van der Waals surface area contributed by atoms with Crippen molar-refractivity contribution in [3.05, 3.63) is 72.3 Å². The van der Waals surface area contributed by atoms with Gasteiger partial charge in [0.2, 0.25) is 11.6 Å². The van der Waals surface area contributed by atoms with Gasteiger partial charge in [0.25, 0.3) is 0 Å². The number of nitrogens with zero attached hydrogens (tertiary/aromatic N) is 1. The number of para-hydroxylation sites is 1. The van der Waals surface area contributed by atoms with Crippen LogP contribution in [0.4, 0.5) is 5.69 Å². The number of rotatable bonds is 6. The van der Waals surface area contributed by atoms with Crippen molar-refractivity contribution in [1.29, 1.82) is 0 Å². The van der Waals surface area contributed by atoms with Crippen molar-refractivity contribution in [3.8, 4) is 11.6 Å². The quantitative estimate of drug-likeness (QED) is 0.721. The third-order valence-electron chi connectivity index (χ3n) is 3.04. The van der Waals surface area contributed by atoms with Crippen molar-refractivity contribution in [1.82, 2.24) is 4.98 Å². The topological polar surface area (TPSA) is 84.6 Å². The van der Waals surface area contributed by atoms with Gasteiger partial charge in [-0.2, -0.15) is 0 Å². The largest absolute Gasteiger partial charge is 0.475 e. The molecule has 6 heteroatoms. The summed E-state index contributed by atoms with van der Waals surface area (Å²) in [6.07, 6.45) is 1.64. The van der Waals surface area contributed by atoms with E-state index in [0.29, 0.717) is 18.2 Å². The van der Waals surface area contributed by atoms with E-state index in [2.05, 4.69) is 10.3 Å². The summed E-state index contributed by atoms with van der Waals surface area (Å²) >= 11 is 0. The number of hydrogen-bond acceptors (Lipinski definition) is 5. The molecule has 3 rings (SSSR count). The molecule has 2 heterocycles. The Morgan fingerprint density at radius 3 is 2.61 bits per heavy atom. The lowest BCUT2D eigenvalue weighted by Crippen LogP contribution is -1.99. The number of carboxylic acids is 1. The Morgan fingerprint density at radius 2 is 1.96 bits per heavy atom. The molecule has 0 spiro atoms. The van der Waals surface area contributed by atoms with Gasteiger partial charge in [0.1, 0.15) is 11.5 Å². The summed E-state index contributed by atoms with van der Waals surface area (Å²) in [6, 6.07) is 16.0. The molecule has 0 amide bonds. The zero-order chi connectivity index (χ0) is 16.1. The molecule has 0 aliphatic carbocycles. The van der Waals surface area contributed by atoms with Crippen LogP contribution in [0.5, 0.6) is 11.6 Å². The number of nitrogens with one attached hydrogen (secondary N) is 1. The van der Waals surface area contributed by atoms with E-state index in [1.165, 1.54) is 6.07 Å². The maximum absolute atomic E-state index is 10.7. The van der Waals surface area contributed by atoms with E-state index in [4.69, 9.17) is 14.3 Å². The lowest BCUT2D eigenvalue weighted by Gasteiger charge is -2.07. The maximum atomic E-state index is 10.7. The van der Waals surface area contributed by atoms with Crippen molar-refractivity contribution in [2.24, 2.45) is 0 Å². The lowest BCUT2D eigenvalue weighted by molar-refractivity contribution is 0.0660. The van der Waals surface area contributed by atoms with Crippen molar-refractivity contribution >= 4 is 11.7 Å². The molecule has 6 nitrogen and oxygen atoms in total. The molecule has 0 aliphatic heterocycles. The summed E-state index contributed by atoms with van der Waals surface area (Å²) in [7, 11) is 0. The summed E-state index contributed by atoms with van der Waals surface area (Å²) in [5.74, 6) is 0.587. The van der Waals surface area contributed by atoms with Gasteiger partial charge in [-0.3, -0.25) is 0 Å². The predicted molar refractivity (Wildman–Crippen MR) is 83.7 cm³/mol. The second kappa shape index (κ2) is 6.65. The molecule has 116 valence electrons. The highest BCUT2D eigenvalue weighted by Gasteiger charge is 2.08. The van der Waals surface area contributed by atoms with E-state index < -0.39 is 5.97 Å². The van der Waals surface area contributed by atoms with Crippen LogP contribution < -0.4 is 10.1 Å². The molecule has 0 atom stereocenters. The standard InChI is InChI=1S/C17H14N2O4/c20-17(21)15-8-7-14(22-15)11-18-12-6-9-16(19-10-12)23-13-4-2-1-3-5-13/h1-10,18H,11H2,(H,20,21). The number of anilines is 1. The van der Waals surface area contributed by atoms with Crippen LogP contribution >= 0.6 is 0 Å². The molecule has 0 aliphatic rings. The zero-order valence-corrected chi connectivity index (χ0v) is 12.1. The van der Waals surface area contributed by atoms with Crippen molar-refractivity contribution in [2.75, 3.05) is 5.32 Å². The van der Waals surface area contributed by atoms with Crippen molar-refractivity contribution in [3.63, 3.8) is 0 Å². The van der Waals surface area contributed by atoms with E-state index in [0.717, 1.165) is 11.4 Å². The fourth-order valence-electron chi connectivity index (χ4n) is 1.93. The number of carboxylic acid groups (broad SMARTS) is 1. The zero-order valence-electron chi connectivity index (χ0n) is 12.1. The maximum Gasteiger partial charge on any atom is 0.371 e. The van der Waals surface area contributed by atoms with Gasteiger partial charge < -0.3 is 19.6 Å². The van der Waals surface area contributed by atoms with Gasteiger partial charge in [-0.05, 0) is 30.3 Å². The van der Waals surface area contributed by atoms with Crippen LogP contribution in [0.2, 0.25) is 0 Å². The molecule has 2 N–H and O–H groups in total. The highest BCUT2D eigenvalue weighted by Crippen LogP contribution is 2.20. The first-order valence-electron chi connectivity index (χ1n) is 6.95. The van der Waals surface area contributed by atoms with Crippen LogP contribution in [0.15, 0.2) is 65.2 Å². The van der Waals surface area contributed by atoms with Crippen LogP contribution in [0, 0.1) is 0 Å². The molecule has 3 aromatic rings. The average Bonchev–Trinajstić information content (AvgIpc) is 3.04. The highest BCUT2D eigenvalue weighted by molar-refractivity contribution is 5.84. The fraction of sp³-hybridized carbons (Fsp3) is 0.0588. The Balaban J connectivity index is 1.57. The Morgan fingerprint density at radius 1 is 1.13 bits per heavy atom. The fourth-order valence-corrected chi connectivity index (χ4v) is 1.93. The lowest BCUT2D eigenvalue weighted by atomic mass is 10.3. The molecule has 0 saturated carbocycles. The Labute approximate surface area is 132 Å². The summed E-state index contributed by atoms with van der Waals surface area (Å²) in [5, 5.41) is 11.9. The Hall–Kier alpha value is -3.28. The predicted octanol–water partition coefficient (Wildman–Crippen LogP) is 3.78. The van der Waals surface area contributed by atoms with Crippen molar-refractivity contribution < 1.29 is 19.1 Å². The summed E-state index contributed by atoms with van der Waals surface area (Å²) in [5.41, 5.74) is 0.777. The van der Waals surface area contributed by atoms with E-state index in [9.17, 15) is 4.79 Å². The minimum atomic E-state index is -1.08. The molecular formula is C17H14N2O4. The van der Waals surface area contributed by atoms with Gasteiger partial charge in [-0.15, -0.1) is 0 Å². The van der Waals surface area contributed by atoms with Crippen molar-refractivity contribution in [2.45, 2.75) is 6.54 Å². The third-order valence-corrected chi connectivity index (χ3v) is 3.04. The molecule has 0 radical (unpaired) electrons. The SMILES string of the molecule is O=C(O)c1ccc(CNc2ccc(Oc3ccccc3)nc2)o1. The van der Waals surface area contributed by atoms with Crippen LogP contribution in [0.1, 0.15) is 16.3 Å². The molecule has 0 unspecified atom stereocenters. The first-order valence-corrected chi connectivity index (χ1v) is 6.95. The summed E-state index contributed by atoms with van der Waals surface area (Å²) < 4.78 is 10.8. The van der Waals surface area contributed by atoms with E-state index in [1.807, 2.05) is 36.4 Å². The van der Waals surface area contributed by atoms with E-state index >= 15 is 0 Å². The van der Waals surface area contributed by atoms with E-state index in [1.54, 1.807) is 18.3 Å². The number of aromatic nitrogens is 1. The molecular weight excluding hydrogens is 296 g/mol. The van der Waals surface area contributed by atoms with Crippen LogP contribution in [0.3, 0.4) is 0 Å². The Kier molecular flexibility index (Phi) is 4.24. The minimum Gasteiger partial charge on any atom is -0.475 e. The molecule has 23 heavy (non-hydrogen) atoms. The van der Waals surface area contributed by atoms with Crippen LogP contribution in [-0.2, 0) is 6.54 Å². The number of ether oxygens (including phenoxy) is 1. The monoisotopic (exact) mass is 310 g/mol. The number of hydrogen-bond donors (Lipinski definition) is 2. The first-order chi connectivity index (χ1) is 11.2. The van der Waals surface area contributed by atoms with Gasteiger partial charge in [0, 0.05) is 6.07 Å². The molecule has 0 bridgehead atoms.